The van der Waals surface area contributed by atoms with E-state index in [1.165, 1.54) is 6.33 Å². The van der Waals surface area contributed by atoms with Crippen molar-refractivity contribution in [3.63, 3.8) is 0 Å². The third-order valence-corrected chi connectivity index (χ3v) is 1.99. The lowest BCUT2D eigenvalue weighted by molar-refractivity contribution is -0.122. The van der Waals surface area contributed by atoms with Crippen LogP contribution < -0.4 is 5.32 Å². The lowest BCUT2D eigenvalue weighted by Gasteiger charge is -2.00. The topological polar surface area (TPSA) is 68.0 Å². The quantitative estimate of drug-likeness (QED) is 0.717. The highest BCUT2D eigenvalue weighted by molar-refractivity contribution is 5.80. The minimum atomic E-state index is 0.152. The Balaban J connectivity index is 1.66. The Kier molecular flexibility index (Phi) is 2.25. The fraction of sp³-hybridized carbons (Fsp3) is 0.625. The molecule has 5 nitrogen and oxygen atoms in total. The molecule has 70 valence electrons. The Hall–Kier alpha value is -1.39. The minimum absolute atomic E-state index is 0.152. The fourth-order valence-electron chi connectivity index (χ4n) is 1.09. The van der Waals surface area contributed by atoms with Gasteiger partial charge in [-0.05, 0) is 12.8 Å². The van der Waals surface area contributed by atoms with Crippen LogP contribution in [0, 0.1) is 5.92 Å². The molecular formula is C8H11N3O2. The van der Waals surface area contributed by atoms with Crippen LogP contribution in [0.2, 0.25) is 0 Å². The molecule has 0 bridgehead atoms. The van der Waals surface area contributed by atoms with E-state index in [4.69, 9.17) is 4.52 Å². The van der Waals surface area contributed by atoms with Gasteiger partial charge in [0.05, 0.1) is 0 Å². The van der Waals surface area contributed by atoms with Gasteiger partial charge >= 0.3 is 0 Å². The molecule has 1 heterocycles. The summed E-state index contributed by atoms with van der Waals surface area (Å²) in [6.07, 6.45) is 4.04. The van der Waals surface area contributed by atoms with Gasteiger partial charge in [-0.25, -0.2) is 0 Å². The van der Waals surface area contributed by atoms with Crippen LogP contribution in [0.4, 0.5) is 0 Å². The van der Waals surface area contributed by atoms with Crippen LogP contribution in [0.1, 0.15) is 18.7 Å². The zero-order valence-electron chi connectivity index (χ0n) is 7.19. The molecule has 0 aliphatic heterocycles. The van der Waals surface area contributed by atoms with E-state index >= 15 is 0 Å². The van der Waals surface area contributed by atoms with Crippen molar-refractivity contribution in [2.24, 2.45) is 5.92 Å². The van der Waals surface area contributed by atoms with Gasteiger partial charge in [-0.2, -0.15) is 4.98 Å². The molecule has 1 amide bonds. The summed E-state index contributed by atoms with van der Waals surface area (Å²) in [5, 5.41) is 6.28. The molecule has 1 aliphatic carbocycles. The van der Waals surface area contributed by atoms with Gasteiger partial charge in [0.1, 0.15) is 0 Å². The van der Waals surface area contributed by atoms with E-state index in [-0.39, 0.29) is 11.8 Å². The molecule has 0 spiro atoms. The largest absolute Gasteiger partial charge is 0.355 e. The number of hydrogen-bond acceptors (Lipinski definition) is 4. The number of carbonyl (C=O) groups is 1. The van der Waals surface area contributed by atoms with Gasteiger partial charge < -0.3 is 9.84 Å². The summed E-state index contributed by atoms with van der Waals surface area (Å²) in [6.45, 7) is 0.581. The molecule has 1 saturated carbocycles. The molecule has 1 N–H and O–H groups in total. The summed E-state index contributed by atoms with van der Waals surface area (Å²) in [5.74, 6) is 0.985. The van der Waals surface area contributed by atoms with Gasteiger partial charge in [0.25, 0.3) is 0 Å². The predicted molar refractivity (Wildman–Crippen MR) is 43.7 cm³/mol. The van der Waals surface area contributed by atoms with Gasteiger partial charge in [0.2, 0.25) is 11.8 Å². The van der Waals surface area contributed by atoms with Crippen LogP contribution in [0.25, 0.3) is 0 Å². The van der Waals surface area contributed by atoms with Crippen LogP contribution in [-0.2, 0) is 11.2 Å². The minimum Gasteiger partial charge on any atom is -0.355 e. The first-order chi connectivity index (χ1) is 6.36. The van der Waals surface area contributed by atoms with Crippen molar-refractivity contribution in [1.29, 1.82) is 0 Å². The van der Waals surface area contributed by atoms with Crippen LogP contribution in [0.3, 0.4) is 0 Å². The van der Waals surface area contributed by atoms with E-state index in [0.717, 1.165) is 12.8 Å². The van der Waals surface area contributed by atoms with Crippen molar-refractivity contribution < 1.29 is 9.32 Å². The molecule has 0 unspecified atom stereocenters. The van der Waals surface area contributed by atoms with Gasteiger partial charge in [-0.1, -0.05) is 5.16 Å². The molecule has 5 heteroatoms. The van der Waals surface area contributed by atoms with Crippen molar-refractivity contribution in [3.8, 4) is 0 Å². The summed E-state index contributed by atoms with van der Waals surface area (Å²) < 4.78 is 4.78. The number of rotatable bonds is 4. The molecule has 1 aromatic rings. The van der Waals surface area contributed by atoms with Gasteiger partial charge in [0.15, 0.2) is 6.33 Å². The second kappa shape index (κ2) is 3.55. The average molecular weight is 181 g/mol. The van der Waals surface area contributed by atoms with Crippen molar-refractivity contribution in [3.05, 3.63) is 12.2 Å². The van der Waals surface area contributed by atoms with Crippen molar-refractivity contribution in [2.45, 2.75) is 19.3 Å². The third kappa shape index (κ3) is 2.27. The molecule has 13 heavy (non-hydrogen) atoms. The Morgan fingerprint density at radius 3 is 3.15 bits per heavy atom. The maximum absolute atomic E-state index is 11.2. The second-order valence-electron chi connectivity index (χ2n) is 3.15. The lowest BCUT2D eigenvalue weighted by Crippen LogP contribution is -2.26. The van der Waals surface area contributed by atoms with E-state index in [9.17, 15) is 4.79 Å². The van der Waals surface area contributed by atoms with E-state index in [1.54, 1.807) is 0 Å². The average Bonchev–Trinajstić information content (AvgIpc) is 2.86. The number of aromatic nitrogens is 2. The summed E-state index contributed by atoms with van der Waals surface area (Å²) >= 11 is 0. The second-order valence-corrected chi connectivity index (χ2v) is 3.15. The molecule has 0 atom stereocenters. The molecule has 1 aromatic heterocycles. The SMILES string of the molecule is O=C(NCCc1ncno1)C1CC1. The number of carbonyl (C=O) groups excluding carboxylic acids is 1. The summed E-state index contributed by atoms with van der Waals surface area (Å²) in [7, 11) is 0. The third-order valence-electron chi connectivity index (χ3n) is 1.99. The Morgan fingerprint density at radius 2 is 2.54 bits per heavy atom. The summed E-state index contributed by atoms with van der Waals surface area (Å²) in [6, 6.07) is 0. The number of nitrogens with zero attached hydrogens (tertiary/aromatic N) is 2. The monoisotopic (exact) mass is 181 g/mol. The first-order valence-corrected chi connectivity index (χ1v) is 4.39. The van der Waals surface area contributed by atoms with Crippen LogP contribution in [0.5, 0.6) is 0 Å². The smallest absolute Gasteiger partial charge is 0.228 e. The van der Waals surface area contributed by atoms with E-state index in [2.05, 4.69) is 15.5 Å². The number of hydrogen-bond donors (Lipinski definition) is 1. The molecular weight excluding hydrogens is 170 g/mol. The first-order valence-electron chi connectivity index (χ1n) is 4.39. The van der Waals surface area contributed by atoms with Crippen LogP contribution in [-0.4, -0.2) is 22.6 Å². The number of amides is 1. The van der Waals surface area contributed by atoms with Crippen molar-refractivity contribution >= 4 is 5.91 Å². The standard InChI is InChI=1S/C8H11N3O2/c12-8(6-1-2-6)9-4-3-7-10-5-11-13-7/h5-6H,1-4H2,(H,9,12). The predicted octanol–water partition coefficient (Wildman–Crippen LogP) is 0.138. The Morgan fingerprint density at radius 1 is 1.69 bits per heavy atom. The van der Waals surface area contributed by atoms with E-state index in [0.29, 0.717) is 18.9 Å². The van der Waals surface area contributed by atoms with Crippen molar-refractivity contribution in [2.75, 3.05) is 6.54 Å². The van der Waals surface area contributed by atoms with Crippen LogP contribution in [0.15, 0.2) is 10.9 Å². The highest BCUT2D eigenvalue weighted by atomic mass is 16.5. The van der Waals surface area contributed by atoms with Crippen molar-refractivity contribution in [1.82, 2.24) is 15.5 Å². The van der Waals surface area contributed by atoms with Crippen LogP contribution >= 0.6 is 0 Å². The maximum Gasteiger partial charge on any atom is 0.228 e. The zero-order valence-corrected chi connectivity index (χ0v) is 7.19. The van der Waals surface area contributed by atoms with Gasteiger partial charge in [-0.3, -0.25) is 4.79 Å². The van der Waals surface area contributed by atoms with E-state index < -0.39 is 0 Å². The zero-order chi connectivity index (χ0) is 9.10. The van der Waals surface area contributed by atoms with Gasteiger partial charge in [0, 0.05) is 18.9 Å². The Bertz CT molecular complexity index is 280. The van der Waals surface area contributed by atoms with Gasteiger partial charge in [-0.15, -0.1) is 0 Å². The highest BCUT2D eigenvalue weighted by Gasteiger charge is 2.29. The molecule has 2 rings (SSSR count). The molecule has 1 fully saturated rings. The first kappa shape index (κ1) is 8.22. The maximum atomic E-state index is 11.2. The molecule has 0 aromatic carbocycles. The Labute approximate surface area is 75.5 Å². The fourth-order valence-corrected chi connectivity index (χ4v) is 1.09. The highest BCUT2D eigenvalue weighted by Crippen LogP contribution is 2.28. The summed E-state index contributed by atoms with van der Waals surface area (Å²) in [5.41, 5.74) is 0. The number of nitrogens with one attached hydrogen (secondary N) is 1. The molecule has 1 aliphatic rings. The molecule has 0 saturated heterocycles. The normalized spacial score (nSPS) is 15.7. The van der Waals surface area contributed by atoms with E-state index in [1.807, 2.05) is 0 Å². The molecule has 0 radical (unpaired) electrons. The summed E-state index contributed by atoms with van der Waals surface area (Å²) in [4.78, 5) is 15.0. The lowest BCUT2D eigenvalue weighted by atomic mass is 10.3.